The molecule has 0 aromatic heterocycles. The second-order valence-corrected chi connectivity index (χ2v) is 6.58. The van der Waals surface area contributed by atoms with Crippen molar-refractivity contribution in [2.75, 3.05) is 20.8 Å². The number of nitrogens with zero attached hydrogens (tertiary/aromatic N) is 1. The number of methoxy groups -OCH3 is 2. The Morgan fingerprint density at radius 2 is 1.65 bits per heavy atom. The van der Waals surface area contributed by atoms with E-state index in [1.165, 1.54) is 33.2 Å². The molecule has 3 aromatic rings. The molecule has 1 heterocycles. The summed E-state index contributed by atoms with van der Waals surface area (Å²) in [4.78, 5) is 4.82. The minimum absolute atomic E-state index is 0.769. The zero-order valence-corrected chi connectivity index (χ0v) is 15.3. The molecule has 0 spiro atoms. The highest BCUT2D eigenvalue weighted by Crippen LogP contribution is 2.33. The first kappa shape index (κ1) is 16.6. The third-order valence-electron chi connectivity index (χ3n) is 5.12. The van der Waals surface area contributed by atoms with E-state index in [9.17, 15) is 0 Å². The van der Waals surface area contributed by atoms with Crippen molar-refractivity contribution in [3.05, 3.63) is 71.3 Å². The molecule has 0 unspecified atom stereocenters. The smallest absolute Gasteiger partial charge is 0.161 e. The molecule has 1 aliphatic heterocycles. The predicted octanol–water partition coefficient (Wildman–Crippen LogP) is 4.84. The second kappa shape index (κ2) is 7.20. The molecule has 0 atom stereocenters. The first-order valence-electron chi connectivity index (χ1n) is 9.05. The van der Waals surface area contributed by atoms with Crippen LogP contribution in [0.1, 0.15) is 23.1 Å². The quantitative estimate of drug-likeness (QED) is 0.663. The van der Waals surface area contributed by atoms with Crippen molar-refractivity contribution in [1.82, 2.24) is 0 Å². The summed E-state index contributed by atoms with van der Waals surface area (Å²) in [6.45, 7) is 0.841. The van der Waals surface area contributed by atoms with E-state index in [0.29, 0.717) is 0 Å². The van der Waals surface area contributed by atoms with E-state index in [1.54, 1.807) is 14.2 Å². The van der Waals surface area contributed by atoms with E-state index in [1.807, 2.05) is 0 Å². The van der Waals surface area contributed by atoms with E-state index >= 15 is 0 Å². The molecular weight excluding hydrogens is 322 g/mol. The molecule has 132 valence electrons. The Morgan fingerprint density at radius 3 is 2.50 bits per heavy atom. The topological polar surface area (TPSA) is 30.8 Å². The first-order chi connectivity index (χ1) is 12.8. The largest absolute Gasteiger partial charge is 0.493 e. The van der Waals surface area contributed by atoms with Crippen LogP contribution in [0.15, 0.2) is 59.6 Å². The maximum atomic E-state index is 5.49. The molecular formula is C23H23NO2. The zero-order chi connectivity index (χ0) is 17.9. The molecule has 0 saturated carbocycles. The van der Waals surface area contributed by atoms with Crippen LogP contribution in [0, 0.1) is 0 Å². The predicted molar refractivity (Wildman–Crippen MR) is 107 cm³/mol. The summed E-state index contributed by atoms with van der Waals surface area (Å²) in [6.07, 6.45) is 2.86. The molecule has 4 rings (SSSR count). The van der Waals surface area contributed by atoms with E-state index in [-0.39, 0.29) is 0 Å². The lowest BCUT2D eigenvalue weighted by molar-refractivity contribution is 0.354. The Morgan fingerprint density at radius 1 is 0.885 bits per heavy atom. The summed E-state index contributed by atoms with van der Waals surface area (Å²) in [5.74, 6) is 1.56. The van der Waals surface area contributed by atoms with Crippen LogP contribution < -0.4 is 9.47 Å². The SMILES string of the molecule is COc1cc2c(cc1OC)C(CCc1cccc3ccccc13)=NCC2. The Bertz CT molecular complexity index is 970. The van der Waals surface area contributed by atoms with Crippen LogP contribution in [0.25, 0.3) is 10.8 Å². The lowest BCUT2D eigenvalue weighted by atomic mass is 9.92. The average molecular weight is 345 g/mol. The van der Waals surface area contributed by atoms with Gasteiger partial charge < -0.3 is 9.47 Å². The average Bonchev–Trinajstić information content (AvgIpc) is 2.71. The van der Waals surface area contributed by atoms with Gasteiger partial charge in [0.25, 0.3) is 0 Å². The lowest BCUT2D eigenvalue weighted by Crippen LogP contribution is -2.14. The van der Waals surface area contributed by atoms with Crippen LogP contribution in [0.5, 0.6) is 11.5 Å². The van der Waals surface area contributed by atoms with Gasteiger partial charge in [0.2, 0.25) is 0 Å². The zero-order valence-electron chi connectivity index (χ0n) is 15.3. The van der Waals surface area contributed by atoms with Crippen LogP contribution in [0.4, 0.5) is 0 Å². The van der Waals surface area contributed by atoms with Crippen molar-refractivity contribution in [2.24, 2.45) is 4.99 Å². The second-order valence-electron chi connectivity index (χ2n) is 6.58. The van der Waals surface area contributed by atoms with Gasteiger partial charge in [0.1, 0.15) is 0 Å². The lowest BCUT2D eigenvalue weighted by Gasteiger charge is -2.20. The number of rotatable bonds is 5. The number of fused-ring (bicyclic) bond motifs is 2. The molecule has 3 nitrogen and oxygen atoms in total. The van der Waals surface area contributed by atoms with Gasteiger partial charge >= 0.3 is 0 Å². The Hall–Kier alpha value is -2.81. The third-order valence-corrected chi connectivity index (χ3v) is 5.12. The Balaban J connectivity index is 1.63. The van der Waals surface area contributed by atoms with Crippen LogP contribution in [-0.2, 0) is 12.8 Å². The van der Waals surface area contributed by atoms with Crippen LogP contribution >= 0.6 is 0 Å². The van der Waals surface area contributed by atoms with Crippen LogP contribution in [0.2, 0.25) is 0 Å². The van der Waals surface area contributed by atoms with Gasteiger partial charge in [-0.25, -0.2) is 0 Å². The number of ether oxygens (including phenoxy) is 2. The Kier molecular flexibility index (Phi) is 4.61. The van der Waals surface area contributed by atoms with Gasteiger partial charge in [0, 0.05) is 17.8 Å². The van der Waals surface area contributed by atoms with Gasteiger partial charge in [-0.2, -0.15) is 0 Å². The van der Waals surface area contributed by atoms with Gasteiger partial charge in [-0.05, 0) is 53.3 Å². The number of hydrogen-bond donors (Lipinski definition) is 0. The summed E-state index contributed by atoms with van der Waals surface area (Å²) in [5, 5.41) is 2.63. The molecule has 3 heteroatoms. The molecule has 0 N–H and O–H groups in total. The van der Waals surface area contributed by atoms with Gasteiger partial charge in [-0.15, -0.1) is 0 Å². The highest BCUT2D eigenvalue weighted by atomic mass is 16.5. The van der Waals surface area contributed by atoms with Gasteiger partial charge in [0.15, 0.2) is 11.5 Å². The number of aryl methyl sites for hydroxylation is 1. The molecule has 0 amide bonds. The minimum Gasteiger partial charge on any atom is -0.493 e. The summed E-state index contributed by atoms with van der Waals surface area (Å²) in [6, 6.07) is 19.3. The maximum Gasteiger partial charge on any atom is 0.161 e. The standard InChI is InChI=1S/C23H23NO2/c1-25-22-14-18-12-13-24-21(20(18)15-23(22)26-2)11-10-17-8-5-7-16-6-3-4-9-19(16)17/h3-9,14-15H,10-13H2,1-2H3. The minimum atomic E-state index is 0.769. The van der Waals surface area contributed by atoms with E-state index < -0.39 is 0 Å². The maximum absolute atomic E-state index is 5.49. The number of hydrogen-bond acceptors (Lipinski definition) is 3. The molecule has 0 radical (unpaired) electrons. The van der Waals surface area contributed by atoms with Crippen molar-refractivity contribution in [3.8, 4) is 11.5 Å². The fraction of sp³-hybridized carbons (Fsp3) is 0.261. The fourth-order valence-corrected chi connectivity index (χ4v) is 3.77. The fourth-order valence-electron chi connectivity index (χ4n) is 3.77. The molecule has 26 heavy (non-hydrogen) atoms. The van der Waals surface area contributed by atoms with Crippen molar-refractivity contribution in [1.29, 1.82) is 0 Å². The molecule has 3 aromatic carbocycles. The van der Waals surface area contributed by atoms with E-state index in [0.717, 1.165) is 37.3 Å². The van der Waals surface area contributed by atoms with E-state index in [4.69, 9.17) is 14.5 Å². The molecule has 1 aliphatic rings. The first-order valence-corrected chi connectivity index (χ1v) is 9.05. The summed E-state index contributed by atoms with van der Waals surface area (Å²) in [7, 11) is 3.36. The molecule has 0 bridgehead atoms. The molecule has 0 aliphatic carbocycles. The van der Waals surface area contributed by atoms with Crippen LogP contribution in [-0.4, -0.2) is 26.5 Å². The highest BCUT2D eigenvalue weighted by molar-refractivity contribution is 6.03. The monoisotopic (exact) mass is 345 g/mol. The van der Waals surface area contributed by atoms with Crippen LogP contribution in [0.3, 0.4) is 0 Å². The number of benzene rings is 3. The summed E-state index contributed by atoms with van der Waals surface area (Å²) >= 11 is 0. The van der Waals surface area contributed by atoms with Gasteiger partial charge in [0.05, 0.1) is 14.2 Å². The number of aliphatic imine (C=N–C) groups is 1. The highest BCUT2D eigenvalue weighted by Gasteiger charge is 2.18. The third kappa shape index (κ3) is 3.05. The summed E-state index contributed by atoms with van der Waals surface area (Å²) < 4.78 is 10.9. The van der Waals surface area contributed by atoms with Crippen molar-refractivity contribution >= 4 is 16.5 Å². The van der Waals surface area contributed by atoms with Crippen molar-refractivity contribution in [3.63, 3.8) is 0 Å². The van der Waals surface area contributed by atoms with Gasteiger partial charge in [-0.1, -0.05) is 42.5 Å². The van der Waals surface area contributed by atoms with E-state index in [2.05, 4.69) is 54.6 Å². The molecule has 0 fully saturated rings. The Labute approximate surface area is 154 Å². The van der Waals surface area contributed by atoms with Gasteiger partial charge in [-0.3, -0.25) is 4.99 Å². The van der Waals surface area contributed by atoms with Crippen molar-refractivity contribution < 1.29 is 9.47 Å². The normalized spacial score (nSPS) is 13.2. The van der Waals surface area contributed by atoms with Crippen molar-refractivity contribution in [2.45, 2.75) is 19.3 Å². The summed E-state index contributed by atoms with van der Waals surface area (Å²) in [5.41, 5.74) is 5.04. The molecule has 0 saturated heterocycles.